The fraction of sp³-hybridized carbons (Fsp3) is 0.267. The molecular formula is C30H34N2O2. The smallest absolute Gasteiger partial charge is 0.150 e. The van der Waals surface area contributed by atoms with Crippen molar-refractivity contribution in [1.82, 2.24) is 0 Å². The maximum atomic E-state index is 6.27. The second-order valence-electron chi connectivity index (χ2n) is 8.43. The van der Waals surface area contributed by atoms with E-state index in [1.807, 2.05) is 48.5 Å². The van der Waals surface area contributed by atoms with Crippen LogP contribution < -0.4 is 20.1 Å². The molecule has 0 aromatic heterocycles. The summed E-state index contributed by atoms with van der Waals surface area (Å²) < 4.78 is 12.5. The molecule has 0 aliphatic carbocycles. The number of benzene rings is 4. The highest BCUT2D eigenvalue weighted by atomic mass is 16.5. The molecule has 0 unspecified atom stereocenters. The van der Waals surface area contributed by atoms with Crippen LogP contribution in [0.2, 0.25) is 0 Å². The quantitative estimate of drug-likeness (QED) is 0.210. The summed E-state index contributed by atoms with van der Waals surface area (Å²) in [4.78, 5) is 0. The van der Waals surface area contributed by atoms with Crippen molar-refractivity contribution >= 4 is 22.1 Å². The molecule has 4 aromatic rings. The van der Waals surface area contributed by atoms with Crippen molar-refractivity contribution in [2.24, 2.45) is 0 Å². The predicted molar refractivity (Wildman–Crippen MR) is 144 cm³/mol. The molecule has 0 aliphatic rings. The van der Waals surface area contributed by atoms with Crippen LogP contribution in [0.15, 0.2) is 84.9 Å². The lowest BCUT2D eigenvalue weighted by Gasteiger charge is -2.14. The Morgan fingerprint density at radius 1 is 0.559 bits per heavy atom. The predicted octanol–water partition coefficient (Wildman–Crippen LogP) is 8.85. The number of nitrogens with one attached hydrogen (secondary N) is 2. The van der Waals surface area contributed by atoms with Crippen molar-refractivity contribution in [3.8, 4) is 23.0 Å². The fourth-order valence-electron chi connectivity index (χ4n) is 3.79. The highest BCUT2D eigenvalue weighted by molar-refractivity contribution is 5.85. The molecule has 0 saturated carbocycles. The van der Waals surface area contributed by atoms with Gasteiger partial charge < -0.3 is 20.1 Å². The van der Waals surface area contributed by atoms with Crippen molar-refractivity contribution < 1.29 is 9.47 Å². The van der Waals surface area contributed by atoms with E-state index in [-0.39, 0.29) is 0 Å². The van der Waals surface area contributed by atoms with E-state index < -0.39 is 0 Å². The molecule has 2 N–H and O–H groups in total. The minimum Gasteiger partial charge on any atom is -0.455 e. The zero-order valence-electron chi connectivity index (χ0n) is 20.1. The van der Waals surface area contributed by atoms with E-state index in [1.165, 1.54) is 0 Å². The van der Waals surface area contributed by atoms with Crippen molar-refractivity contribution in [3.63, 3.8) is 0 Å². The van der Waals surface area contributed by atoms with Gasteiger partial charge >= 0.3 is 0 Å². The maximum Gasteiger partial charge on any atom is 0.150 e. The van der Waals surface area contributed by atoms with Crippen LogP contribution in [-0.2, 0) is 0 Å². The van der Waals surface area contributed by atoms with E-state index in [0.29, 0.717) is 0 Å². The zero-order chi connectivity index (χ0) is 23.6. The topological polar surface area (TPSA) is 42.5 Å². The minimum absolute atomic E-state index is 0.802. The number of anilines is 2. The Morgan fingerprint density at radius 2 is 1.03 bits per heavy atom. The van der Waals surface area contributed by atoms with E-state index in [2.05, 4.69) is 60.9 Å². The molecule has 4 heteroatoms. The molecule has 34 heavy (non-hydrogen) atoms. The van der Waals surface area contributed by atoms with E-state index in [1.54, 1.807) is 0 Å². The van der Waals surface area contributed by atoms with Crippen LogP contribution in [0, 0.1) is 0 Å². The van der Waals surface area contributed by atoms with E-state index in [0.717, 1.165) is 83.9 Å². The van der Waals surface area contributed by atoms with Crippen LogP contribution in [-0.4, -0.2) is 13.1 Å². The maximum absolute atomic E-state index is 6.27. The van der Waals surface area contributed by atoms with Gasteiger partial charge in [0.15, 0.2) is 11.5 Å². The molecular weight excluding hydrogens is 420 g/mol. The first kappa shape index (κ1) is 23.5. The summed E-state index contributed by atoms with van der Waals surface area (Å²) >= 11 is 0. The lowest BCUT2D eigenvalue weighted by Crippen LogP contribution is -2.02. The molecule has 0 amide bonds. The lowest BCUT2D eigenvalue weighted by molar-refractivity contribution is 0.483. The Balaban J connectivity index is 1.52. The van der Waals surface area contributed by atoms with Crippen LogP contribution in [0.1, 0.15) is 39.5 Å². The Bertz CT molecular complexity index is 1120. The van der Waals surface area contributed by atoms with Gasteiger partial charge in [-0.25, -0.2) is 0 Å². The van der Waals surface area contributed by atoms with Crippen LogP contribution in [0.5, 0.6) is 23.0 Å². The van der Waals surface area contributed by atoms with Crippen molar-refractivity contribution in [2.75, 3.05) is 23.7 Å². The number of fused-ring (bicyclic) bond motifs is 1. The first-order valence-corrected chi connectivity index (χ1v) is 12.3. The molecule has 0 bridgehead atoms. The monoisotopic (exact) mass is 454 g/mol. The third-order valence-electron chi connectivity index (χ3n) is 5.70. The highest BCUT2D eigenvalue weighted by Crippen LogP contribution is 2.34. The van der Waals surface area contributed by atoms with Crippen molar-refractivity contribution in [3.05, 3.63) is 84.9 Å². The minimum atomic E-state index is 0.802. The number of hydrogen-bond donors (Lipinski definition) is 2. The second kappa shape index (κ2) is 12.0. The molecule has 4 aromatic carbocycles. The standard InChI is InChI=1S/C30H34N2O2/c1-3-5-19-31-27-11-7-9-13-29(27)33-25-17-15-23-16-18-26(22-24(23)21-25)34-30-14-10-8-12-28(30)32-20-6-4-2/h7-18,21-22,31-32H,3-6,19-20H2,1-2H3. The molecule has 0 heterocycles. The third kappa shape index (κ3) is 6.22. The molecule has 0 atom stereocenters. The molecule has 4 rings (SSSR count). The fourth-order valence-corrected chi connectivity index (χ4v) is 3.79. The Hall–Kier alpha value is -3.66. The summed E-state index contributed by atoms with van der Waals surface area (Å²) in [5.74, 6) is 3.27. The first-order valence-electron chi connectivity index (χ1n) is 12.3. The van der Waals surface area contributed by atoms with Gasteiger partial charge in [-0.1, -0.05) is 63.1 Å². The summed E-state index contributed by atoms with van der Waals surface area (Å²) in [5.41, 5.74) is 2.03. The molecule has 0 radical (unpaired) electrons. The van der Waals surface area contributed by atoms with Gasteiger partial charge in [-0.2, -0.15) is 0 Å². The van der Waals surface area contributed by atoms with E-state index in [9.17, 15) is 0 Å². The summed E-state index contributed by atoms with van der Waals surface area (Å²) in [7, 11) is 0. The van der Waals surface area contributed by atoms with Crippen LogP contribution in [0.25, 0.3) is 10.8 Å². The third-order valence-corrected chi connectivity index (χ3v) is 5.70. The largest absolute Gasteiger partial charge is 0.455 e. The summed E-state index contributed by atoms with van der Waals surface area (Å²) in [6, 6.07) is 28.5. The lowest BCUT2D eigenvalue weighted by atomic mass is 10.1. The van der Waals surface area contributed by atoms with Crippen molar-refractivity contribution in [2.45, 2.75) is 39.5 Å². The van der Waals surface area contributed by atoms with Gasteiger partial charge in [0.2, 0.25) is 0 Å². The van der Waals surface area contributed by atoms with Gasteiger partial charge in [-0.05, 0) is 72.1 Å². The SMILES string of the molecule is CCCCNc1ccccc1Oc1ccc2ccc(Oc3ccccc3NCCCC)cc2c1. The number of rotatable bonds is 12. The van der Waals surface area contributed by atoms with Crippen LogP contribution >= 0.6 is 0 Å². The van der Waals surface area contributed by atoms with Gasteiger partial charge in [-0.15, -0.1) is 0 Å². The number of para-hydroxylation sites is 4. The van der Waals surface area contributed by atoms with Crippen LogP contribution in [0.3, 0.4) is 0 Å². The average Bonchev–Trinajstić information content (AvgIpc) is 2.86. The van der Waals surface area contributed by atoms with Crippen molar-refractivity contribution in [1.29, 1.82) is 0 Å². The van der Waals surface area contributed by atoms with Gasteiger partial charge in [0.1, 0.15) is 11.5 Å². The van der Waals surface area contributed by atoms with Gasteiger partial charge in [0, 0.05) is 13.1 Å². The summed E-state index contributed by atoms with van der Waals surface area (Å²) in [6.07, 6.45) is 4.57. The average molecular weight is 455 g/mol. The Labute approximate surface area is 202 Å². The highest BCUT2D eigenvalue weighted by Gasteiger charge is 2.08. The Kier molecular flexibility index (Phi) is 8.28. The molecule has 0 saturated heterocycles. The first-order chi connectivity index (χ1) is 16.8. The normalized spacial score (nSPS) is 10.8. The Morgan fingerprint density at radius 3 is 1.50 bits per heavy atom. The van der Waals surface area contributed by atoms with Crippen LogP contribution in [0.4, 0.5) is 11.4 Å². The zero-order valence-corrected chi connectivity index (χ0v) is 20.1. The molecule has 176 valence electrons. The molecule has 0 aliphatic heterocycles. The van der Waals surface area contributed by atoms with Gasteiger partial charge in [0.25, 0.3) is 0 Å². The number of hydrogen-bond acceptors (Lipinski definition) is 4. The summed E-state index contributed by atoms with van der Waals surface area (Å²) in [6.45, 7) is 6.26. The van der Waals surface area contributed by atoms with E-state index >= 15 is 0 Å². The van der Waals surface area contributed by atoms with Gasteiger partial charge in [-0.3, -0.25) is 0 Å². The number of unbranched alkanes of at least 4 members (excludes halogenated alkanes) is 2. The number of ether oxygens (including phenoxy) is 2. The molecule has 4 nitrogen and oxygen atoms in total. The summed E-state index contributed by atoms with van der Waals surface area (Å²) in [5, 5.41) is 9.18. The molecule has 0 fully saturated rings. The molecule has 0 spiro atoms. The van der Waals surface area contributed by atoms with Gasteiger partial charge in [0.05, 0.1) is 11.4 Å². The second-order valence-corrected chi connectivity index (χ2v) is 8.43. The van der Waals surface area contributed by atoms with E-state index in [4.69, 9.17) is 9.47 Å².